The molecular formula is C13H14N2O. The molecule has 0 radical (unpaired) electrons. The normalized spacial score (nSPS) is 10.1. The summed E-state index contributed by atoms with van der Waals surface area (Å²) in [6.07, 6.45) is 0. The molecule has 82 valence electrons. The average Bonchev–Trinajstić information content (AvgIpc) is 2.29. The largest absolute Gasteiger partial charge is 0.494 e. The van der Waals surface area contributed by atoms with Crippen LogP contribution in [0, 0.1) is 0 Å². The molecular weight excluding hydrogens is 200 g/mol. The van der Waals surface area contributed by atoms with E-state index >= 15 is 0 Å². The molecule has 3 heteroatoms. The van der Waals surface area contributed by atoms with Crippen LogP contribution < -0.4 is 16.2 Å². The number of hydrogen-bond acceptors (Lipinski definition) is 3. The molecule has 3 nitrogen and oxygen atoms in total. The number of hydrogen-bond donors (Lipinski definition) is 2. The molecule has 0 heterocycles. The van der Waals surface area contributed by atoms with Crippen molar-refractivity contribution < 1.29 is 4.74 Å². The summed E-state index contributed by atoms with van der Waals surface area (Å²) in [5.41, 5.74) is 15.0. The standard InChI is InChI=1S/C13H14N2O/c1-16-13-10(6-4-8-12(13)15)9-5-2-3-7-11(9)14/h2-8H,14-15H2,1H3. The molecule has 0 aromatic heterocycles. The monoisotopic (exact) mass is 214 g/mol. The predicted octanol–water partition coefficient (Wildman–Crippen LogP) is 2.53. The van der Waals surface area contributed by atoms with Gasteiger partial charge in [0.15, 0.2) is 0 Å². The zero-order valence-corrected chi connectivity index (χ0v) is 9.10. The highest BCUT2D eigenvalue weighted by Gasteiger charge is 2.10. The van der Waals surface area contributed by atoms with Crippen LogP contribution in [0.3, 0.4) is 0 Å². The fraction of sp³-hybridized carbons (Fsp3) is 0.0769. The SMILES string of the molecule is COc1c(N)cccc1-c1ccccc1N. The smallest absolute Gasteiger partial charge is 0.149 e. The van der Waals surface area contributed by atoms with Gasteiger partial charge >= 0.3 is 0 Å². The lowest BCUT2D eigenvalue weighted by Gasteiger charge is -2.12. The van der Waals surface area contributed by atoms with Gasteiger partial charge in [0, 0.05) is 16.8 Å². The van der Waals surface area contributed by atoms with E-state index in [-0.39, 0.29) is 0 Å². The van der Waals surface area contributed by atoms with E-state index in [2.05, 4.69) is 0 Å². The van der Waals surface area contributed by atoms with Crippen molar-refractivity contribution in [3.63, 3.8) is 0 Å². The summed E-state index contributed by atoms with van der Waals surface area (Å²) < 4.78 is 5.30. The van der Waals surface area contributed by atoms with Crippen LogP contribution >= 0.6 is 0 Å². The van der Waals surface area contributed by atoms with Crippen molar-refractivity contribution in [1.29, 1.82) is 0 Å². The van der Waals surface area contributed by atoms with Crippen LogP contribution in [0.25, 0.3) is 11.1 Å². The molecule has 0 aliphatic heterocycles. The van der Waals surface area contributed by atoms with Gasteiger partial charge in [-0.25, -0.2) is 0 Å². The van der Waals surface area contributed by atoms with E-state index in [9.17, 15) is 0 Å². The number of ether oxygens (including phenoxy) is 1. The minimum absolute atomic E-state index is 0.614. The van der Waals surface area contributed by atoms with Crippen LogP contribution in [0.4, 0.5) is 11.4 Å². The van der Waals surface area contributed by atoms with Gasteiger partial charge in [-0.15, -0.1) is 0 Å². The van der Waals surface area contributed by atoms with E-state index in [0.717, 1.165) is 11.1 Å². The van der Waals surface area contributed by atoms with Crippen LogP contribution in [0.1, 0.15) is 0 Å². The van der Waals surface area contributed by atoms with E-state index < -0.39 is 0 Å². The summed E-state index contributed by atoms with van der Waals surface area (Å²) in [4.78, 5) is 0. The van der Waals surface area contributed by atoms with E-state index in [1.54, 1.807) is 7.11 Å². The zero-order valence-electron chi connectivity index (χ0n) is 9.10. The van der Waals surface area contributed by atoms with Crippen LogP contribution in [-0.2, 0) is 0 Å². The molecule has 0 saturated heterocycles. The summed E-state index contributed by atoms with van der Waals surface area (Å²) in [7, 11) is 1.61. The fourth-order valence-electron chi connectivity index (χ4n) is 1.74. The number of anilines is 2. The summed E-state index contributed by atoms with van der Waals surface area (Å²) in [6, 6.07) is 13.3. The second kappa shape index (κ2) is 4.14. The van der Waals surface area contributed by atoms with E-state index in [1.807, 2.05) is 42.5 Å². The third kappa shape index (κ3) is 1.67. The van der Waals surface area contributed by atoms with Crippen molar-refractivity contribution >= 4 is 11.4 Å². The molecule has 0 fully saturated rings. The molecule has 16 heavy (non-hydrogen) atoms. The van der Waals surface area contributed by atoms with E-state index in [0.29, 0.717) is 17.1 Å². The fourth-order valence-corrected chi connectivity index (χ4v) is 1.74. The minimum Gasteiger partial charge on any atom is -0.494 e. The molecule has 2 rings (SSSR count). The molecule has 0 spiro atoms. The quantitative estimate of drug-likeness (QED) is 0.755. The molecule has 0 aliphatic rings. The molecule has 2 aromatic carbocycles. The Morgan fingerprint density at radius 3 is 2.12 bits per heavy atom. The lowest BCUT2D eigenvalue weighted by molar-refractivity contribution is 0.418. The molecule has 0 aliphatic carbocycles. The highest BCUT2D eigenvalue weighted by molar-refractivity contribution is 5.84. The Kier molecular flexibility index (Phi) is 2.68. The van der Waals surface area contributed by atoms with Crippen LogP contribution in [-0.4, -0.2) is 7.11 Å². The molecule has 2 aromatic rings. The van der Waals surface area contributed by atoms with Crippen LogP contribution in [0.2, 0.25) is 0 Å². The summed E-state index contributed by atoms with van der Waals surface area (Å²) in [5.74, 6) is 0.667. The summed E-state index contributed by atoms with van der Waals surface area (Å²) in [5, 5.41) is 0. The zero-order chi connectivity index (χ0) is 11.5. The van der Waals surface area contributed by atoms with Gasteiger partial charge in [0.05, 0.1) is 12.8 Å². The van der Waals surface area contributed by atoms with Gasteiger partial charge in [-0.05, 0) is 12.1 Å². The van der Waals surface area contributed by atoms with Gasteiger partial charge < -0.3 is 16.2 Å². The van der Waals surface area contributed by atoms with Crippen molar-refractivity contribution in [3.05, 3.63) is 42.5 Å². The Morgan fingerprint density at radius 1 is 0.812 bits per heavy atom. The Hall–Kier alpha value is -2.16. The topological polar surface area (TPSA) is 61.3 Å². The van der Waals surface area contributed by atoms with Crippen LogP contribution in [0.5, 0.6) is 5.75 Å². The van der Waals surface area contributed by atoms with Gasteiger partial charge in [-0.1, -0.05) is 30.3 Å². The maximum Gasteiger partial charge on any atom is 0.149 e. The Balaban J connectivity index is 2.65. The van der Waals surface area contributed by atoms with Gasteiger partial charge in [0.1, 0.15) is 5.75 Å². The Labute approximate surface area is 94.6 Å². The lowest BCUT2D eigenvalue weighted by atomic mass is 10.0. The predicted molar refractivity (Wildman–Crippen MR) is 67.3 cm³/mol. The van der Waals surface area contributed by atoms with Crippen LogP contribution in [0.15, 0.2) is 42.5 Å². The van der Waals surface area contributed by atoms with Crippen molar-refractivity contribution in [2.45, 2.75) is 0 Å². The van der Waals surface area contributed by atoms with E-state index in [4.69, 9.17) is 16.2 Å². The number of benzene rings is 2. The first-order chi connectivity index (χ1) is 7.74. The highest BCUT2D eigenvalue weighted by Crippen LogP contribution is 2.37. The first-order valence-corrected chi connectivity index (χ1v) is 5.01. The molecule has 0 amide bonds. The summed E-state index contributed by atoms with van der Waals surface area (Å²) in [6.45, 7) is 0. The first-order valence-electron chi connectivity index (χ1n) is 5.01. The van der Waals surface area contributed by atoms with Crippen molar-refractivity contribution in [2.75, 3.05) is 18.6 Å². The number of nitrogens with two attached hydrogens (primary N) is 2. The molecule has 4 N–H and O–H groups in total. The number of rotatable bonds is 2. The maximum atomic E-state index is 5.93. The summed E-state index contributed by atoms with van der Waals surface area (Å²) >= 11 is 0. The lowest BCUT2D eigenvalue weighted by Crippen LogP contribution is -1.96. The highest BCUT2D eigenvalue weighted by atomic mass is 16.5. The third-order valence-corrected chi connectivity index (χ3v) is 2.50. The van der Waals surface area contributed by atoms with Crippen molar-refractivity contribution in [2.24, 2.45) is 0 Å². The Morgan fingerprint density at radius 2 is 1.44 bits per heavy atom. The molecule has 0 atom stereocenters. The molecule has 0 unspecified atom stereocenters. The number of nitrogen functional groups attached to an aromatic ring is 2. The molecule has 0 bridgehead atoms. The van der Waals surface area contributed by atoms with E-state index in [1.165, 1.54) is 0 Å². The van der Waals surface area contributed by atoms with Gasteiger partial charge in [-0.3, -0.25) is 0 Å². The first kappa shape index (κ1) is 10.4. The average molecular weight is 214 g/mol. The second-order valence-electron chi connectivity index (χ2n) is 3.52. The number of para-hydroxylation sites is 2. The van der Waals surface area contributed by atoms with Gasteiger partial charge in [0.25, 0.3) is 0 Å². The molecule has 0 saturated carbocycles. The minimum atomic E-state index is 0.614. The van der Waals surface area contributed by atoms with Crippen molar-refractivity contribution in [1.82, 2.24) is 0 Å². The van der Waals surface area contributed by atoms with Gasteiger partial charge in [-0.2, -0.15) is 0 Å². The maximum absolute atomic E-state index is 5.93. The number of methoxy groups -OCH3 is 1. The van der Waals surface area contributed by atoms with Crippen molar-refractivity contribution in [3.8, 4) is 16.9 Å². The second-order valence-corrected chi connectivity index (χ2v) is 3.52. The third-order valence-electron chi connectivity index (χ3n) is 2.50. The van der Waals surface area contributed by atoms with Gasteiger partial charge in [0.2, 0.25) is 0 Å². The Bertz CT molecular complexity index is 509.